The quantitative estimate of drug-likeness (QED) is 0.673. The first-order chi connectivity index (χ1) is 8.08. The molecule has 5 nitrogen and oxygen atoms in total. The molecule has 0 radical (unpaired) electrons. The fourth-order valence-electron chi connectivity index (χ4n) is 1.17. The standard InChI is InChI=1S/C9H8Cl2N4OS/c10-5-1-2-7(6(11)3-5)16-4-8-13-14-9(17)15(8)12/h1-3H,4,12H2,(H,14,17). The summed E-state index contributed by atoms with van der Waals surface area (Å²) in [6.45, 7) is 0.158. The molecular formula is C9H8Cl2N4OS. The van der Waals surface area contributed by atoms with E-state index >= 15 is 0 Å². The Kier molecular flexibility index (Phi) is 3.56. The Morgan fingerprint density at radius 3 is 2.82 bits per heavy atom. The SMILES string of the molecule is Nn1c(COc2ccc(Cl)cc2Cl)n[nH]c1=S. The fraction of sp³-hybridized carbons (Fsp3) is 0.111. The van der Waals surface area contributed by atoms with E-state index in [4.69, 9.17) is 46.0 Å². The van der Waals surface area contributed by atoms with Gasteiger partial charge in [0.25, 0.3) is 0 Å². The zero-order chi connectivity index (χ0) is 12.4. The van der Waals surface area contributed by atoms with E-state index in [0.717, 1.165) is 0 Å². The monoisotopic (exact) mass is 290 g/mol. The molecule has 0 spiro atoms. The highest BCUT2D eigenvalue weighted by Gasteiger charge is 2.06. The van der Waals surface area contributed by atoms with Crippen molar-refractivity contribution >= 4 is 35.4 Å². The second kappa shape index (κ2) is 4.95. The number of hydrogen-bond donors (Lipinski definition) is 2. The molecule has 0 aliphatic heterocycles. The number of ether oxygens (including phenoxy) is 1. The molecule has 0 amide bonds. The van der Waals surface area contributed by atoms with Crippen molar-refractivity contribution < 1.29 is 4.74 Å². The number of nitrogens with zero attached hydrogens (tertiary/aromatic N) is 2. The molecule has 0 atom stereocenters. The molecule has 1 aromatic carbocycles. The average Bonchev–Trinajstić information content (AvgIpc) is 2.59. The maximum atomic E-state index is 5.94. The van der Waals surface area contributed by atoms with Gasteiger partial charge in [0.05, 0.1) is 5.02 Å². The van der Waals surface area contributed by atoms with Crippen LogP contribution in [0.3, 0.4) is 0 Å². The first-order valence-corrected chi connectivity index (χ1v) is 5.73. The summed E-state index contributed by atoms with van der Waals surface area (Å²) in [5, 5.41) is 7.43. The van der Waals surface area contributed by atoms with Crippen LogP contribution >= 0.6 is 35.4 Å². The maximum Gasteiger partial charge on any atom is 0.214 e. The van der Waals surface area contributed by atoms with Crippen LogP contribution < -0.4 is 10.6 Å². The van der Waals surface area contributed by atoms with Crippen molar-refractivity contribution in [2.24, 2.45) is 0 Å². The Bertz CT molecular complexity index is 595. The third-order valence-corrected chi connectivity index (χ3v) is 2.85. The van der Waals surface area contributed by atoms with Crippen LogP contribution in [-0.2, 0) is 6.61 Å². The summed E-state index contributed by atoms with van der Waals surface area (Å²) < 4.78 is 7.01. The predicted molar refractivity (Wildman–Crippen MR) is 68.4 cm³/mol. The number of aromatic amines is 1. The molecule has 2 aromatic rings. The minimum atomic E-state index is 0.158. The van der Waals surface area contributed by atoms with E-state index in [0.29, 0.717) is 26.4 Å². The van der Waals surface area contributed by atoms with Crippen molar-refractivity contribution in [1.29, 1.82) is 0 Å². The highest BCUT2D eigenvalue weighted by atomic mass is 35.5. The van der Waals surface area contributed by atoms with Crippen molar-refractivity contribution in [3.05, 3.63) is 38.8 Å². The van der Waals surface area contributed by atoms with Gasteiger partial charge in [-0.15, -0.1) is 0 Å². The highest BCUT2D eigenvalue weighted by molar-refractivity contribution is 7.71. The third-order valence-electron chi connectivity index (χ3n) is 2.03. The van der Waals surface area contributed by atoms with Gasteiger partial charge in [0.15, 0.2) is 5.82 Å². The van der Waals surface area contributed by atoms with Gasteiger partial charge < -0.3 is 10.6 Å². The number of nitrogen functional groups attached to an aromatic ring is 1. The normalized spacial score (nSPS) is 10.5. The van der Waals surface area contributed by atoms with Crippen LogP contribution in [0.4, 0.5) is 0 Å². The van der Waals surface area contributed by atoms with Gasteiger partial charge in [0.2, 0.25) is 4.77 Å². The summed E-state index contributed by atoms with van der Waals surface area (Å²) in [4.78, 5) is 0. The molecule has 2 rings (SSSR count). The smallest absolute Gasteiger partial charge is 0.214 e. The number of rotatable bonds is 3. The Morgan fingerprint density at radius 1 is 1.47 bits per heavy atom. The molecule has 0 unspecified atom stereocenters. The number of H-pyrrole nitrogens is 1. The molecule has 0 aliphatic rings. The summed E-state index contributed by atoms with van der Waals surface area (Å²) >= 11 is 16.6. The van der Waals surface area contributed by atoms with Gasteiger partial charge in [-0.2, -0.15) is 5.10 Å². The van der Waals surface area contributed by atoms with Crippen LogP contribution in [0.5, 0.6) is 5.75 Å². The number of aromatic nitrogens is 3. The first-order valence-electron chi connectivity index (χ1n) is 4.57. The topological polar surface area (TPSA) is 68.9 Å². The van der Waals surface area contributed by atoms with Gasteiger partial charge in [0, 0.05) is 5.02 Å². The molecule has 17 heavy (non-hydrogen) atoms. The second-order valence-electron chi connectivity index (χ2n) is 3.18. The van der Waals surface area contributed by atoms with Crippen molar-refractivity contribution in [3.63, 3.8) is 0 Å². The van der Waals surface area contributed by atoms with E-state index in [2.05, 4.69) is 10.2 Å². The Balaban J connectivity index is 2.12. The molecule has 0 saturated carbocycles. The Morgan fingerprint density at radius 2 is 2.24 bits per heavy atom. The lowest BCUT2D eigenvalue weighted by Gasteiger charge is -2.07. The summed E-state index contributed by atoms with van der Waals surface area (Å²) in [5.74, 6) is 6.59. The van der Waals surface area contributed by atoms with E-state index < -0.39 is 0 Å². The Labute approximate surface area is 112 Å². The number of nitrogens with one attached hydrogen (secondary N) is 1. The molecule has 0 bridgehead atoms. The summed E-state index contributed by atoms with van der Waals surface area (Å²) in [5.41, 5.74) is 0. The lowest BCUT2D eigenvalue weighted by molar-refractivity contribution is 0.292. The van der Waals surface area contributed by atoms with E-state index in [-0.39, 0.29) is 6.61 Å². The molecular weight excluding hydrogens is 283 g/mol. The van der Waals surface area contributed by atoms with Gasteiger partial charge in [-0.05, 0) is 30.4 Å². The lowest BCUT2D eigenvalue weighted by atomic mass is 10.3. The molecule has 0 fully saturated rings. The number of nitrogens with two attached hydrogens (primary N) is 1. The first kappa shape index (κ1) is 12.2. The molecule has 0 saturated heterocycles. The van der Waals surface area contributed by atoms with Gasteiger partial charge in [0.1, 0.15) is 12.4 Å². The largest absolute Gasteiger partial charge is 0.484 e. The predicted octanol–water partition coefficient (Wildman–Crippen LogP) is 2.54. The zero-order valence-electron chi connectivity index (χ0n) is 8.48. The van der Waals surface area contributed by atoms with E-state index in [1.807, 2.05) is 0 Å². The number of benzene rings is 1. The zero-order valence-corrected chi connectivity index (χ0v) is 10.8. The van der Waals surface area contributed by atoms with E-state index in [9.17, 15) is 0 Å². The minimum Gasteiger partial charge on any atom is -0.484 e. The van der Waals surface area contributed by atoms with Crippen molar-refractivity contribution in [2.45, 2.75) is 6.61 Å². The number of halogens is 2. The van der Waals surface area contributed by atoms with Crippen LogP contribution in [-0.4, -0.2) is 14.9 Å². The van der Waals surface area contributed by atoms with Crippen LogP contribution in [0.2, 0.25) is 10.0 Å². The molecule has 90 valence electrons. The lowest BCUT2D eigenvalue weighted by Crippen LogP contribution is -2.14. The van der Waals surface area contributed by atoms with Gasteiger partial charge in [-0.3, -0.25) is 5.10 Å². The maximum absolute atomic E-state index is 5.94. The third kappa shape index (κ3) is 2.71. The van der Waals surface area contributed by atoms with E-state index in [1.54, 1.807) is 18.2 Å². The molecule has 0 aliphatic carbocycles. The second-order valence-corrected chi connectivity index (χ2v) is 4.41. The van der Waals surface area contributed by atoms with Gasteiger partial charge in [-0.1, -0.05) is 23.2 Å². The molecule has 3 N–H and O–H groups in total. The van der Waals surface area contributed by atoms with Gasteiger partial charge >= 0.3 is 0 Å². The number of hydrogen-bond acceptors (Lipinski definition) is 4. The average molecular weight is 291 g/mol. The summed E-state index contributed by atoms with van der Waals surface area (Å²) in [6, 6.07) is 4.95. The summed E-state index contributed by atoms with van der Waals surface area (Å²) in [6.07, 6.45) is 0. The van der Waals surface area contributed by atoms with E-state index in [1.165, 1.54) is 4.68 Å². The van der Waals surface area contributed by atoms with Crippen LogP contribution in [0.25, 0.3) is 0 Å². The van der Waals surface area contributed by atoms with Crippen molar-refractivity contribution in [1.82, 2.24) is 14.9 Å². The molecule has 8 heteroatoms. The van der Waals surface area contributed by atoms with Crippen LogP contribution in [0.1, 0.15) is 5.82 Å². The van der Waals surface area contributed by atoms with Crippen LogP contribution in [0, 0.1) is 4.77 Å². The fourth-order valence-corrected chi connectivity index (χ4v) is 1.79. The molecule has 1 heterocycles. The van der Waals surface area contributed by atoms with Crippen LogP contribution in [0.15, 0.2) is 18.2 Å². The molecule has 1 aromatic heterocycles. The van der Waals surface area contributed by atoms with Crippen molar-refractivity contribution in [2.75, 3.05) is 5.84 Å². The summed E-state index contributed by atoms with van der Waals surface area (Å²) in [7, 11) is 0. The van der Waals surface area contributed by atoms with Gasteiger partial charge in [-0.25, -0.2) is 4.68 Å². The minimum absolute atomic E-state index is 0.158. The van der Waals surface area contributed by atoms with Crippen molar-refractivity contribution in [3.8, 4) is 5.75 Å². The Hall–Kier alpha value is -1.24. The highest BCUT2D eigenvalue weighted by Crippen LogP contribution is 2.27.